The van der Waals surface area contributed by atoms with Gasteiger partial charge in [-0.3, -0.25) is 4.79 Å². The van der Waals surface area contributed by atoms with Crippen molar-refractivity contribution in [3.05, 3.63) is 23.3 Å². The van der Waals surface area contributed by atoms with E-state index >= 15 is 0 Å². The van der Waals surface area contributed by atoms with Crippen LogP contribution in [0.2, 0.25) is 0 Å². The fourth-order valence-corrected chi connectivity index (χ4v) is 5.10. The Morgan fingerprint density at radius 1 is 1.18 bits per heavy atom. The molecule has 0 bridgehead atoms. The molecule has 0 spiro atoms. The second-order valence-electron chi connectivity index (χ2n) is 7.22. The van der Waals surface area contributed by atoms with Crippen molar-refractivity contribution < 1.29 is 23.8 Å². The maximum absolute atomic E-state index is 12.4. The Hall–Kier alpha value is -1.62. The number of cyclic esters (lactones) is 1. The maximum Gasteiger partial charge on any atom is 0.333 e. The van der Waals surface area contributed by atoms with E-state index in [0.717, 1.165) is 30.4 Å². The number of hydrogen-bond donors (Lipinski definition) is 0. The van der Waals surface area contributed by atoms with Crippen LogP contribution in [0.4, 0.5) is 0 Å². The third-order valence-electron chi connectivity index (χ3n) is 6.03. The van der Waals surface area contributed by atoms with Crippen molar-refractivity contribution in [2.75, 3.05) is 7.11 Å². The summed E-state index contributed by atoms with van der Waals surface area (Å²) in [5.41, 5.74) is 1.07. The average Bonchev–Trinajstić information content (AvgIpc) is 2.72. The fourth-order valence-electron chi connectivity index (χ4n) is 5.10. The molecule has 22 heavy (non-hydrogen) atoms. The Balaban J connectivity index is 1.92. The summed E-state index contributed by atoms with van der Waals surface area (Å²) >= 11 is 0. The summed E-state index contributed by atoms with van der Waals surface area (Å²) in [6.45, 7) is 4.15. The number of rotatable bonds is 1. The van der Waals surface area contributed by atoms with E-state index in [1.165, 1.54) is 7.11 Å². The number of ether oxygens (including phenoxy) is 3. The number of esters is 2. The van der Waals surface area contributed by atoms with Crippen LogP contribution in [0.1, 0.15) is 33.1 Å². The van der Waals surface area contributed by atoms with Crippen molar-refractivity contribution in [3.8, 4) is 0 Å². The van der Waals surface area contributed by atoms with Crippen molar-refractivity contribution in [2.45, 2.75) is 45.5 Å². The van der Waals surface area contributed by atoms with Gasteiger partial charge in [0.2, 0.25) is 6.29 Å². The summed E-state index contributed by atoms with van der Waals surface area (Å²) in [6, 6.07) is 0. The summed E-state index contributed by atoms with van der Waals surface area (Å²) in [7, 11) is 1.52. The first kappa shape index (κ1) is 14.0. The van der Waals surface area contributed by atoms with Crippen LogP contribution in [0.25, 0.3) is 0 Å². The van der Waals surface area contributed by atoms with Gasteiger partial charge in [0.25, 0.3) is 0 Å². The van der Waals surface area contributed by atoms with Crippen LogP contribution in [0.5, 0.6) is 0 Å². The highest BCUT2D eigenvalue weighted by Gasteiger charge is 2.65. The molecule has 5 heteroatoms. The first-order valence-corrected chi connectivity index (χ1v) is 7.79. The van der Waals surface area contributed by atoms with Gasteiger partial charge in [-0.15, -0.1) is 0 Å². The van der Waals surface area contributed by atoms with Crippen LogP contribution < -0.4 is 0 Å². The van der Waals surface area contributed by atoms with Gasteiger partial charge < -0.3 is 14.2 Å². The van der Waals surface area contributed by atoms with Gasteiger partial charge in [-0.25, -0.2) is 4.79 Å². The molecule has 4 aliphatic rings. The Morgan fingerprint density at radius 2 is 1.91 bits per heavy atom. The highest BCUT2D eigenvalue weighted by Crippen LogP contribution is 2.64. The minimum absolute atomic E-state index is 0.0691. The molecule has 5 atom stereocenters. The van der Waals surface area contributed by atoms with Crippen LogP contribution in [0.15, 0.2) is 23.3 Å². The molecule has 0 aromatic rings. The van der Waals surface area contributed by atoms with Crippen molar-refractivity contribution in [3.63, 3.8) is 0 Å². The number of methoxy groups -OCH3 is 1. The van der Waals surface area contributed by atoms with Crippen LogP contribution in [0, 0.1) is 16.7 Å². The molecule has 5 nitrogen and oxygen atoms in total. The Bertz CT molecular complexity index is 633. The number of hydrogen-bond acceptors (Lipinski definition) is 5. The summed E-state index contributed by atoms with van der Waals surface area (Å²) in [6.07, 6.45) is 5.26. The lowest BCUT2D eigenvalue weighted by molar-refractivity contribution is -0.163. The molecule has 0 radical (unpaired) electrons. The lowest BCUT2D eigenvalue weighted by Gasteiger charge is -2.52. The van der Waals surface area contributed by atoms with E-state index in [4.69, 9.17) is 14.2 Å². The van der Waals surface area contributed by atoms with Crippen LogP contribution in [0.3, 0.4) is 0 Å². The average molecular weight is 304 g/mol. The lowest BCUT2D eigenvalue weighted by atomic mass is 9.50. The number of fused-ring (bicyclic) bond motifs is 2. The topological polar surface area (TPSA) is 61.8 Å². The highest BCUT2D eigenvalue weighted by atomic mass is 16.7. The summed E-state index contributed by atoms with van der Waals surface area (Å²) in [5.74, 6) is -0.429. The quantitative estimate of drug-likeness (QED) is 0.694. The molecular formula is C17H20O5. The van der Waals surface area contributed by atoms with E-state index in [2.05, 4.69) is 6.92 Å². The van der Waals surface area contributed by atoms with Crippen molar-refractivity contribution >= 4 is 11.9 Å². The minimum atomic E-state index is -0.710. The van der Waals surface area contributed by atoms with Crippen molar-refractivity contribution in [1.29, 1.82) is 0 Å². The van der Waals surface area contributed by atoms with E-state index in [9.17, 15) is 9.59 Å². The molecule has 0 aromatic carbocycles. The van der Waals surface area contributed by atoms with E-state index < -0.39 is 11.7 Å². The van der Waals surface area contributed by atoms with Gasteiger partial charge in [-0.05, 0) is 31.4 Å². The second-order valence-corrected chi connectivity index (χ2v) is 7.22. The molecule has 0 amide bonds. The Labute approximate surface area is 129 Å². The summed E-state index contributed by atoms with van der Waals surface area (Å²) in [5, 5.41) is 0. The van der Waals surface area contributed by atoms with Gasteiger partial charge >= 0.3 is 11.9 Å². The molecular weight excluding hydrogens is 284 g/mol. The zero-order valence-corrected chi connectivity index (χ0v) is 13.0. The maximum atomic E-state index is 12.4. The molecule has 2 fully saturated rings. The number of carbonyl (C=O) groups is 2. The molecule has 1 unspecified atom stereocenters. The SMILES string of the molecule is COC1OC(=O)C=C2C1=C[C@H]1OC(=O)[C@@]3(C)CCC[C@@]2(C)[C@@H]13. The molecule has 0 aromatic heterocycles. The predicted octanol–water partition coefficient (Wildman–Crippen LogP) is 2.12. The first-order chi connectivity index (χ1) is 10.4. The number of carbonyl (C=O) groups excluding carboxylic acids is 2. The zero-order chi connectivity index (χ0) is 15.7. The van der Waals surface area contributed by atoms with Gasteiger partial charge in [0.1, 0.15) is 6.10 Å². The molecule has 4 rings (SSSR count). The van der Waals surface area contributed by atoms with E-state index in [-0.39, 0.29) is 29.4 Å². The molecule has 2 aliphatic carbocycles. The van der Waals surface area contributed by atoms with Gasteiger partial charge in [0.05, 0.1) is 5.41 Å². The summed E-state index contributed by atoms with van der Waals surface area (Å²) in [4.78, 5) is 24.4. The molecule has 118 valence electrons. The van der Waals surface area contributed by atoms with Gasteiger partial charge in [-0.1, -0.05) is 13.3 Å². The largest absolute Gasteiger partial charge is 0.457 e. The Morgan fingerprint density at radius 3 is 2.64 bits per heavy atom. The van der Waals surface area contributed by atoms with E-state index in [0.29, 0.717) is 0 Å². The summed E-state index contributed by atoms with van der Waals surface area (Å²) < 4.78 is 16.2. The molecule has 0 N–H and O–H groups in total. The highest BCUT2D eigenvalue weighted by molar-refractivity contribution is 5.87. The van der Waals surface area contributed by atoms with Crippen molar-refractivity contribution in [1.82, 2.24) is 0 Å². The normalized spacial score (nSPS) is 46.0. The standard InChI is InChI=1S/C17H20O5/c1-16-5-4-6-17(2)13(16)11(21-15(17)19)7-9-10(16)8-12(18)22-14(9)20-3/h7-8,11,13-14H,4-6H2,1-3H3/t11-,13-,14?,16-,17+/m1/s1. The first-order valence-electron chi connectivity index (χ1n) is 7.79. The lowest BCUT2D eigenvalue weighted by Crippen LogP contribution is -2.51. The Kier molecular flexibility index (Phi) is 2.69. The van der Waals surface area contributed by atoms with Crippen LogP contribution >= 0.6 is 0 Å². The van der Waals surface area contributed by atoms with Crippen LogP contribution in [-0.2, 0) is 23.8 Å². The van der Waals surface area contributed by atoms with Gasteiger partial charge in [-0.2, -0.15) is 0 Å². The monoisotopic (exact) mass is 304 g/mol. The second kappa shape index (κ2) is 4.22. The predicted molar refractivity (Wildman–Crippen MR) is 76.5 cm³/mol. The molecule has 1 saturated carbocycles. The van der Waals surface area contributed by atoms with Crippen LogP contribution in [-0.4, -0.2) is 31.4 Å². The molecule has 2 heterocycles. The van der Waals surface area contributed by atoms with E-state index in [1.807, 2.05) is 13.0 Å². The fraction of sp³-hybridized carbons (Fsp3) is 0.647. The molecule has 2 aliphatic heterocycles. The molecule has 1 saturated heterocycles. The smallest absolute Gasteiger partial charge is 0.333 e. The third-order valence-corrected chi connectivity index (χ3v) is 6.03. The zero-order valence-electron chi connectivity index (χ0n) is 13.0. The van der Waals surface area contributed by atoms with Crippen molar-refractivity contribution in [2.24, 2.45) is 16.7 Å². The van der Waals surface area contributed by atoms with Gasteiger partial charge in [0.15, 0.2) is 0 Å². The third kappa shape index (κ3) is 1.52. The van der Waals surface area contributed by atoms with Gasteiger partial charge in [0, 0.05) is 30.1 Å². The minimum Gasteiger partial charge on any atom is -0.457 e. The van der Waals surface area contributed by atoms with E-state index in [1.54, 1.807) is 6.08 Å².